The molecule has 0 radical (unpaired) electrons. The number of nitrogens with one attached hydrogen (secondary N) is 1. The molecule has 0 heterocycles. The number of halogens is 3. The SMILES string of the molecule is O=C(O)[C@@H](CC1CCCCC1)N[C@H](c1ccc2ccccc2c1)C(F)(F)F. The fraction of sp³-hybridized carbons (Fsp3) is 0.476. The zero-order valence-electron chi connectivity index (χ0n) is 15.0. The van der Waals surface area contributed by atoms with E-state index in [4.69, 9.17) is 0 Å². The molecule has 0 aliphatic heterocycles. The van der Waals surface area contributed by atoms with E-state index in [-0.39, 0.29) is 17.9 Å². The third-order valence-electron chi connectivity index (χ3n) is 5.39. The largest absolute Gasteiger partial charge is 0.480 e. The molecule has 1 aliphatic rings. The predicted octanol–water partition coefficient (Wildman–Crippen LogP) is 5.46. The van der Waals surface area contributed by atoms with E-state index in [1.165, 1.54) is 12.1 Å². The summed E-state index contributed by atoms with van der Waals surface area (Å²) in [6.45, 7) is 0. The minimum atomic E-state index is -4.58. The quantitative estimate of drug-likeness (QED) is 0.701. The third-order valence-corrected chi connectivity index (χ3v) is 5.39. The number of alkyl halides is 3. The number of aliphatic carboxylic acids is 1. The van der Waals surface area contributed by atoms with Gasteiger partial charge in [-0.25, -0.2) is 0 Å². The van der Waals surface area contributed by atoms with Gasteiger partial charge in [0, 0.05) is 0 Å². The van der Waals surface area contributed by atoms with E-state index < -0.39 is 24.2 Å². The lowest BCUT2D eigenvalue weighted by Crippen LogP contribution is -2.45. The third kappa shape index (κ3) is 5.01. The van der Waals surface area contributed by atoms with Crippen LogP contribution in [-0.4, -0.2) is 23.3 Å². The van der Waals surface area contributed by atoms with Crippen LogP contribution in [0.15, 0.2) is 42.5 Å². The summed E-state index contributed by atoms with van der Waals surface area (Å²) in [6, 6.07) is 8.51. The highest BCUT2D eigenvalue weighted by Crippen LogP contribution is 2.35. The lowest BCUT2D eigenvalue weighted by atomic mass is 9.84. The van der Waals surface area contributed by atoms with Crippen molar-refractivity contribution in [3.05, 3.63) is 48.0 Å². The number of carboxylic acid groups (broad SMARTS) is 1. The Morgan fingerprint density at radius 3 is 2.37 bits per heavy atom. The minimum Gasteiger partial charge on any atom is -0.480 e. The van der Waals surface area contributed by atoms with Crippen LogP contribution in [0.4, 0.5) is 13.2 Å². The van der Waals surface area contributed by atoms with Crippen molar-refractivity contribution in [1.82, 2.24) is 5.32 Å². The highest BCUT2D eigenvalue weighted by atomic mass is 19.4. The van der Waals surface area contributed by atoms with Crippen LogP contribution in [0.1, 0.15) is 50.1 Å². The standard InChI is InChI=1S/C21H24F3NO2/c22-21(23,24)19(17-11-10-15-8-4-5-9-16(15)13-17)25-18(20(26)27)12-14-6-2-1-3-7-14/h4-5,8-11,13-14,18-19,25H,1-3,6-7,12H2,(H,26,27)/t18-,19-/m1/s1. The highest BCUT2D eigenvalue weighted by molar-refractivity contribution is 5.83. The molecule has 0 spiro atoms. The second kappa shape index (κ2) is 8.30. The van der Waals surface area contributed by atoms with Crippen LogP contribution in [0.5, 0.6) is 0 Å². The predicted molar refractivity (Wildman–Crippen MR) is 98.5 cm³/mol. The Labute approximate surface area is 156 Å². The Morgan fingerprint density at radius 1 is 1.07 bits per heavy atom. The van der Waals surface area contributed by atoms with Crippen molar-refractivity contribution < 1.29 is 23.1 Å². The van der Waals surface area contributed by atoms with E-state index in [9.17, 15) is 23.1 Å². The molecule has 0 amide bonds. The first-order chi connectivity index (χ1) is 12.8. The average molecular weight is 379 g/mol. The first-order valence-corrected chi connectivity index (χ1v) is 9.39. The number of hydrogen-bond acceptors (Lipinski definition) is 2. The molecule has 0 aromatic heterocycles. The molecule has 2 aromatic carbocycles. The summed E-state index contributed by atoms with van der Waals surface area (Å²) in [7, 11) is 0. The summed E-state index contributed by atoms with van der Waals surface area (Å²) in [6.07, 6.45) is 0.577. The van der Waals surface area contributed by atoms with Gasteiger partial charge in [-0.3, -0.25) is 10.1 Å². The monoisotopic (exact) mass is 379 g/mol. The molecular formula is C21H24F3NO2. The molecule has 0 bridgehead atoms. The van der Waals surface area contributed by atoms with Gasteiger partial charge in [-0.15, -0.1) is 0 Å². The van der Waals surface area contributed by atoms with Gasteiger partial charge < -0.3 is 5.11 Å². The summed E-state index contributed by atoms with van der Waals surface area (Å²) in [5.41, 5.74) is 0.0381. The van der Waals surface area contributed by atoms with Crippen LogP contribution in [0.2, 0.25) is 0 Å². The number of carboxylic acids is 1. The summed E-state index contributed by atoms with van der Waals surface area (Å²) >= 11 is 0. The molecule has 3 rings (SSSR count). The number of fused-ring (bicyclic) bond motifs is 1. The van der Waals surface area contributed by atoms with Crippen molar-refractivity contribution in [1.29, 1.82) is 0 Å². The highest BCUT2D eigenvalue weighted by Gasteiger charge is 2.43. The fourth-order valence-corrected chi connectivity index (χ4v) is 3.96. The topological polar surface area (TPSA) is 49.3 Å². The number of hydrogen-bond donors (Lipinski definition) is 2. The zero-order chi connectivity index (χ0) is 19.4. The van der Waals surface area contributed by atoms with Gasteiger partial charge in [0.1, 0.15) is 12.1 Å². The zero-order valence-corrected chi connectivity index (χ0v) is 15.0. The lowest BCUT2D eigenvalue weighted by Gasteiger charge is -2.29. The van der Waals surface area contributed by atoms with Gasteiger partial charge in [0.2, 0.25) is 0 Å². The van der Waals surface area contributed by atoms with Crippen molar-refractivity contribution in [2.75, 3.05) is 0 Å². The van der Waals surface area contributed by atoms with Gasteiger partial charge in [0.25, 0.3) is 0 Å². The molecule has 1 aliphatic carbocycles. The molecule has 146 valence electrons. The van der Waals surface area contributed by atoms with Crippen molar-refractivity contribution in [2.45, 2.75) is 56.8 Å². The Morgan fingerprint density at radius 2 is 1.74 bits per heavy atom. The lowest BCUT2D eigenvalue weighted by molar-refractivity contribution is -0.163. The van der Waals surface area contributed by atoms with Gasteiger partial charge >= 0.3 is 12.1 Å². The number of rotatable bonds is 6. The molecule has 6 heteroatoms. The second-order valence-corrected chi connectivity index (χ2v) is 7.38. The van der Waals surface area contributed by atoms with E-state index in [1.54, 1.807) is 18.2 Å². The Balaban J connectivity index is 1.84. The van der Waals surface area contributed by atoms with Crippen LogP contribution in [-0.2, 0) is 4.79 Å². The maximum Gasteiger partial charge on any atom is 0.407 e. The van der Waals surface area contributed by atoms with E-state index >= 15 is 0 Å². The van der Waals surface area contributed by atoms with Crippen LogP contribution >= 0.6 is 0 Å². The van der Waals surface area contributed by atoms with Crippen LogP contribution in [0.3, 0.4) is 0 Å². The van der Waals surface area contributed by atoms with Crippen molar-refractivity contribution >= 4 is 16.7 Å². The number of carbonyl (C=O) groups is 1. The van der Waals surface area contributed by atoms with Crippen LogP contribution < -0.4 is 5.32 Å². The molecule has 1 saturated carbocycles. The summed E-state index contributed by atoms with van der Waals surface area (Å²) in [4.78, 5) is 11.6. The first-order valence-electron chi connectivity index (χ1n) is 9.39. The van der Waals surface area contributed by atoms with Crippen molar-refractivity contribution in [2.24, 2.45) is 5.92 Å². The van der Waals surface area contributed by atoms with Crippen molar-refractivity contribution in [3.8, 4) is 0 Å². The minimum absolute atomic E-state index is 0.0381. The summed E-state index contributed by atoms with van der Waals surface area (Å²) < 4.78 is 41.3. The van der Waals surface area contributed by atoms with Crippen LogP contribution in [0, 0.1) is 5.92 Å². The maximum absolute atomic E-state index is 13.8. The molecule has 2 aromatic rings. The van der Waals surface area contributed by atoms with E-state index in [0.29, 0.717) is 5.39 Å². The van der Waals surface area contributed by atoms with Crippen LogP contribution in [0.25, 0.3) is 10.8 Å². The van der Waals surface area contributed by atoms with Gasteiger partial charge in [0.15, 0.2) is 0 Å². The van der Waals surface area contributed by atoms with Gasteiger partial charge in [-0.2, -0.15) is 13.2 Å². The van der Waals surface area contributed by atoms with E-state index in [0.717, 1.165) is 37.5 Å². The molecular weight excluding hydrogens is 355 g/mol. The first kappa shape index (κ1) is 19.7. The smallest absolute Gasteiger partial charge is 0.407 e. The molecule has 0 saturated heterocycles. The molecule has 1 fully saturated rings. The second-order valence-electron chi connectivity index (χ2n) is 7.38. The Hall–Kier alpha value is -2.08. The van der Waals surface area contributed by atoms with E-state index in [1.807, 2.05) is 12.1 Å². The molecule has 2 atom stereocenters. The molecule has 2 N–H and O–H groups in total. The summed E-state index contributed by atoms with van der Waals surface area (Å²) in [5.74, 6) is -1.06. The number of benzene rings is 2. The molecule has 3 nitrogen and oxygen atoms in total. The Bertz CT molecular complexity index is 784. The van der Waals surface area contributed by atoms with Gasteiger partial charge in [-0.05, 0) is 34.7 Å². The normalized spacial score (nSPS) is 18.3. The fourth-order valence-electron chi connectivity index (χ4n) is 3.96. The van der Waals surface area contributed by atoms with Crippen molar-refractivity contribution in [3.63, 3.8) is 0 Å². The van der Waals surface area contributed by atoms with Gasteiger partial charge in [-0.1, -0.05) is 68.5 Å². The maximum atomic E-state index is 13.8. The molecule has 27 heavy (non-hydrogen) atoms. The Kier molecular flexibility index (Phi) is 6.05. The molecule has 0 unspecified atom stereocenters. The summed E-state index contributed by atoms with van der Waals surface area (Å²) in [5, 5.41) is 13.5. The average Bonchev–Trinajstić information content (AvgIpc) is 2.64. The van der Waals surface area contributed by atoms with Gasteiger partial charge in [0.05, 0.1) is 0 Å². The van der Waals surface area contributed by atoms with E-state index in [2.05, 4.69) is 5.32 Å².